The van der Waals surface area contributed by atoms with Crippen molar-refractivity contribution in [3.63, 3.8) is 0 Å². The molecule has 2 aliphatic rings. The standard InChI is InChI=1S/C18H22FNO3/c19-15-6-4-14(5-7-15)18(9-10-18)17(23)20-11-1-2-13(12-20)3-8-16(21)22/h4-7,13H,1-3,8-12H2,(H,21,22)/t13-/m0/s1. The molecule has 0 aromatic heterocycles. The van der Waals surface area contributed by atoms with Crippen molar-refractivity contribution in [2.24, 2.45) is 5.92 Å². The number of carbonyl (C=O) groups is 2. The third-order valence-corrected chi connectivity index (χ3v) is 5.13. The summed E-state index contributed by atoms with van der Waals surface area (Å²) in [6.07, 6.45) is 4.33. The van der Waals surface area contributed by atoms with Gasteiger partial charge in [0.15, 0.2) is 0 Å². The van der Waals surface area contributed by atoms with Crippen molar-refractivity contribution in [3.8, 4) is 0 Å². The van der Waals surface area contributed by atoms with Gasteiger partial charge in [-0.05, 0) is 55.7 Å². The first-order valence-corrected chi connectivity index (χ1v) is 8.28. The largest absolute Gasteiger partial charge is 0.481 e. The average molecular weight is 319 g/mol. The predicted octanol–water partition coefficient (Wildman–Crippen LogP) is 2.96. The van der Waals surface area contributed by atoms with Crippen LogP contribution < -0.4 is 0 Å². The Bertz CT molecular complexity index is 595. The van der Waals surface area contributed by atoms with Crippen LogP contribution in [0.25, 0.3) is 0 Å². The lowest BCUT2D eigenvalue weighted by Crippen LogP contribution is -2.45. The number of carbonyl (C=O) groups excluding carboxylic acids is 1. The van der Waals surface area contributed by atoms with Crippen molar-refractivity contribution < 1.29 is 19.1 Å². The Morgan fingerprint density at radius 1 is 1.26 bits per heavy atom. The fourth-order valence-electron chi connectivity index (χ4n) is 3.64. The SMILES string of the molecule is O=C(O)CC[C@@H]1CCCN(C(=O)C2(c3ccc(F)cc3)CC2)C1. The zero-order valence-corrected chi connectivity index (χ0v) is 13.1. The van der Waals surface area contributed by atoms with E-state index in [2.05, 4.69) is 0 Å². The summed E-state index contributed by atoms with van der Waals surface area (Å²) in [5, 5.41) is 8.82. The Kier molecular flexibility index (Phi) is 4.37. The van der Waals surface area contributed by atoms with E-state index in [1.54, 1.807) is 12.1 Å². The number of rotatable bonds is 5. The van der Waals surface area contributed by atoms with Crippen molar-refractivity contribution in [1.29, 1.82) is 0 Å². The van der Waals surface area contributed by atoms with Gasteiger partial charge >= 0.3 is 5.97 Å². The Hall–Kier alpha value is -1.91. The summed E-state index contributed by atoms with van der Waals surface area (Å²) in [6.45, 7) is 1.39. The van der Waals surface area contributed by atoms with Gasteiger partial charge in [0, 0.05) is 19.5 Å². The number of likely N-dealkylation sites (tertiary alicyclic amines) is 1. The van der Waals surface area contributed by atoms with E-state index in [4.69, 9.17) is 5.11 Å². The van der Waals surface area contributed by atoms with E-state index < -0.39 is 11.4 Å². The number of hydrogen-bond donors (Lipinski definition) is 1. The van der Waals surface area contributed by atoms with Crippen LogP contribution in [0.5, 0.6) is 0 Å². The van der Waals surface area contributed by atoms with Gasteiger partial charge in [0.25, 0.3) is 0 Å². The van der Waals surface area contributed by atoms with Crippen LogP contribution in [0.4, 0.5) is 4.39 Å². The van der Waals surface area contributed by atoms with Crippen LogP contribution in [0.2, 0.25) is 0 Å². The summed E-state index contributed by atoms with van der Waals surface area (Å²) in [6, 6.07) is 6.25. The predicted molar refractivity (Wildman–Crippen MR) is 83.5 cm³/mol. The molecule has 4 nitrogen and oxygen atoms in total. The maximum absolute atomic E-state index is 13.1. The summed E-state index contributed by atoms with van der Waals surface area (Å²) in [7, 11) is 0. The minimum atomic E-state index is -0.779. The highest BCUT2D eigenvalue weighted by Crippen LogP contribution is 2.50. The minimum absolute atomic E-state index is 0.129. The first-order valence-electron chi connectivity index (χ1n) is 8.28. The second-order valence-electron chi connectivity index (χ2n) is 6.78. The van der Waals surface area contributed by atoms with Gasteiger partial charge in [-0.3, -0.25) is 9.59 Å². The maximum Gasteiger partial charge on any atom is 0.303 e. The number of carboxylic acids is 1. The number of piperidine rings is 1. The molecule has 23 heavy (non-hydrogen) atoms. The van der Waals surface area contributed by atoms with Crippen molar-refractivity contribution in [2.45, 2.75) is 43.9 Å². The molecule has 1 aliphatic carbocycles. The molecule has 3 rings (SSSR count). The van der Waals surface area contributed by atoms with Crippen LogP contribution in [0, 0.1) is 11.7 Å². The number of halogens is 1. The third-order valence-electron chi connectivity index (χ3n) is 5.13. The van der Waals surface area contributed by atoms with Crippen LogP contribution in [0.3, 0.4) is 0 Å². The van der Waals surface area contributed by atoms with Gasteiger partial charge in [0.1, 0.15) is 5.82 Å². The molecule has 1 saturated carbocycles. The lowest BCUT2D eigenvalue weighted by molar-refractivity contribution is -0.137. The molecular formula is C18H22FNO3. The van der Waals surface area contributed by atoms with Gasteiger partial charge in [-0.1, -0.05) is 12.1 Å². The van der Waals surface area contributed by atoms with E-state index in [-0.39, 0.29) is 24.1 Å². The van der Waals surface area contributed by atoms with Gasteiger partial charge in [0.05, 0.1) is 5.41 Å². The number of carboxylic acid groups (broad SMARTS) is 1. The second-order valence-corrected chi connectivity index (χ2v) is 6.78. The summed E-state index contributed by atoms with van der Waals surface area (Å²) >= 11 is 0. The van der Waals surface area contributed by atoms with E-state index in [9.17, 15) is 14.0 Å². The topological polar surface area (TPSA) is 57.6 Å². The first kappa shape index (κ1) is 16.0. The zero-order chi connectivity index (χ0) is 16.4. The van der Waals surface area contributed by atoms with E-state index in [0.29, 0.717) is 13.0 Å². The van der Waals surface area contributed by atoms with Gasteiger partial charge in [-0.15, -0.1) is 0 Å². The molecule has 1 saturated heterocycles. The van der Waals surface area contributed by atoms with Crippen LogP contribution in [0.1, 0.15) is 44.1 Å². The monoisotopic (exact) mass is 319 g/mol. The Labute approximate surface area is 135 Å². The first-order chi connectivity index (χ1) is 11.0. The second kappa shape index (κ2) is 6.30. The number of amides is 1. The molecule has 1 amide bonds. The average Bonchev–Trinajstić information content (AvgIpc) is 3.35. The van der Waals surface area contributed by atoms with E-state index in [1.165, 1.54) is 12.1 Å². The number of aliphatic carboxylic acids is 1. The van der Waals surface area contributed by atoms with Crippen LogP contribution in [-0.2, 0) is 15.0 Å². The van der Waals surface area contributed by atoms with Gasteiger partial charge in [-0.25, -0.2) is 4.39 Å². The highest BCUT2D eigenvalue weighted by molar-refractivity contribution is 5.91. The summed E-state index contributed by atoms with van der Waals surface area (Å²) in [5.41, 5.74) is 0.430. The molecule has 1 heterocycles. The summed E-state index contributed by atoms with van der Waals surface area (Å²) in [5.74, 6) is -0.668. The molecule has 1 aromatic rings. The molecule has 0 unspecified atom stereocenters. The molecule has 0 radical (unpaired) electrons. The molecule has 1 aromatic carbocycles. The summed E-state index contributed by atoms with van der Waals surface area (Å²) in [4.78, 5) is 25.6. The normalized spacial score (nSPS) is 22.7. The quantitative estimate of drug-likeness (QED) is 0.908. The van der Waals surface area contributed by atoms with Crippen molar-refractivity contribution >= 4 is 11.9 Å². The van der Waals surface area contributed by atoms with E-state index in [0.717, 1.165) is 37.8 Å². The lowest BCUT2D eigenvalue weighted by Gasteiger charge is -2.35. The highest BCUT2D eigenvalue weighted by Gasteiger charge is 2.53. The summed E-state index contributed by atoms with van der Waals surface area (Å²) < 4.78 is 13.1. The van der Waals surface area contributed by atoms with Crippen LogP contribution in [0.15, 0.2) is 24.3 Å². The fourth-order valence-corrected chi connectivity index (χ4v) is 3.64. The maximum atomic E-state index is 13.1. The van der Waals surface area contributed by atoms with E-state index in [1.807, 2.05) is 4.90 Å². The molecule has 1 N–H and O–H groups in total. The number of nitrogens with zero attached hydrogens (tertiary/aromatic N) is 1. The third kappa shape index (κ3) is 3.38. The van der Waals surface area contributed by atoms with Crippen molar-refractivity contribution in [3.05, 3.63) is 35.6 Å². The molecule has 2 fully saturated rings. The van der Waals surface area contributed by atoms with Crippen LogP contribution >= 0.6 is 0 Å². The molecule has 0 bridgehead atoms. The molecule has 1 aliphatic heterocycles. The van der Waals surface area contributed by atoms with E-state index >= 15 is 0 Å². The highest BCUT2D eigenvalue weighted by atomic mass is 19.1. The Balaban J connectivity index is 1.67. The fraction of sp³-hybridized carbons (Fsp3) is 0.556. The smallest absolute Gasteiger partial charge is 0.303 e. The Morgan fingerprint density at radius 3 is 2.57 bits per heavy atom. The molecule has 5 heteroatoms. The van der Waals surface area contributed by atoms with Gasteiger partial charge < -0.3 is 10.0 Å². The molecule has 1 atom stereocenters. The molecular weight excluding hydrogens is 297 g/mol. The lowest BCUT2D eigenvalue weighted by atomic mass is 9.89. The Morgan fingerprint density at radius 2 is 1.96 bits per heavy atom. The van der Waals surface area contributed by atoms with Crippen molar-refractivity contribution in [1.82, 2.24) is 4.90 Å². The van der Waals surface area contributed by atoms with Gasteiger partial charge in [0.2, 0.25) is 5.91 Å². The molecule has 0 spiro atoms. The molecule has 124 valence electrons. The van der Waals surface area contributed by atoms with Gasteiger partial charge in [-0.2, -0.15) is 0 Å². The number of benzene rings is 1. The van der Waals surface area contributed by atoms with Crippen molar-refractivity contribution in [2.75, 3.05) is 13.1 Å². The number of hydrogen-bond acceptors (Lipinski definition) is 2. The minimum Gasteiger partial charge on any atom is -0.481 e. The van der Waals surface area contributed by atoms with Crippen LogP contribution in [-0.4, -0.2) is 35.0 Å². The zero-order valence-electron chi connectivity index (χ0n) is 13.1.